The zero-order valence-corrected chi connectivity index (χ0v) is 10.4. The molecule has 1 heterocycles. The van der Waals surface area contributed by atoms with Crippen LogP contribution in [-0.2, 0) is 0 Å². The fraction of sp³-hybridized carbons (Fsp3) is 0.538. The molecule has 0 aliphatic heterocycles. The van der Waals surface area contributed by atoms with E-state index in [1.54, 1.807) is 12.3 Å². The van der Waals surface area contributed by atoms with E-state index in [9.17, 15) is 4.79 Å². The summed E-state index contributed by atoms with van der Waals surface area (Å²) in [4.78, 5) is 15.5. The Labute approximate surface area is 97.1 Å². The standard InChI is InChI=1S/C13H20N2O/c1-8(2)12(9(3)4)11-7-10(13(14)16)5-6-15-11/h5-9,12H,1-4H3,(H2,14,16). The van der Waals surface area contributed by atoms with Crippen LogP contribution in [0, 0.1) is 11.8 Å². The number of nitrogens with two attached hydrogens (primary N) is 1. The van der Waals surface area contributed by atoms with Gasteiger partial charge in [-0.05, 0) is 24.0 Å². The number of nitrogens with zero attached hydrogens (tertiary/aromatic N) is 1. The van der Waals surface area contributed by atoms with Crippen LogP contribution in [0.15, 0.2) is 18.3 Å². The van der Waals surface area contributed by atoms with Gasteiger partial charge in [-0.2, -0.15) is 0 Å². The summed E-state index contributed by atoms with van der Waals surface area (Å²) in [6.45, 7) is 8.68. The fourth-order valence-corrected chi connectivity index (χ4v) is 2.24. The second kappa shape index (κ2) is 5.10. The second-order valence-electron chi connectivity index (χ2n) is 4.85. The summed E-state index contributed by atoms with van der Waals surface area (Å²) in [5.41, 5.74) is 6.77. The van der Waals surface area contributed by atoms with Crippen molar-refractivity contribution in [3.05, 3.63) is 29.6 Å². The van der Waals surface area contributed by atoms with E-state index in [1.165, 1.54) is 0 Å². The summed E-state index contributed by atoms with van der Waals surface area (Å²) in [5, 5.41) is 0. The summed E-state index contributed by atoms with van der Waals surface area (Å²) in [6, 6.07) is 3.47. The maximum absolute atomic E-state index is 11.1. The van der Waals surface area contributed by atoms with Gasteiger partial charge in [0.2, 0.25) is 5.91 Å². The molecular formula is C13H20N2O. The molecule has 0 spiro atoms. The molecule has 0 bridgehead atoms. The topological polar surface area (TPSA) is 56.0 Å². The average Bonchev–Trinajstić information content (AvgIpc) is 2.16. The lowest BCUT2D eigenvalue weighted by Gasteiger charge is -2.24. The molecule has 0 aliphatic rings. The van der Waals surface area contributed by atoms with Crippen LogP contribution in [0.3, 0.4) is 0 Å². The third-order valence-corrected chi connectivity index (χ3v) is 2.84. The summed E-state index contributed by atoms with van der Waals surface area (Å²) < 4.78 is 0. The van der Waals surface area contributed by atoms with Gasteiger partial charge >= 0.3 is 0 Å². The van der Waals surface area contributed by atoms with Gasteiger partial charge in [0.25, 0.3) is 0 Å². The summed E-state index contributed by atoms with van der Waals surface area (Å²) in [5.74, 6) is 0.959. The molecule has 0 aromatic carbocycles. The quantitative estimate of drug-likeness (QED) is 0.847. The third kappa shape index (κ3) is 2.81. The molecule has 1 aromatic rings. The molecule has 0 aliphatic carbocycles. The van der Waals surface area contributed by atoms with Gasteiger partial charge in [-0.3, -0.25) is 9.78 Å². The van der Waals surface area contributed by atoms with Crippen LogP contribution in [-0.4, -0.2) is 10.9 Å². The van der Waals surface area contributed by atoms with E-state index >= 15 is 0 Å². The lowest BCUT2D eigenvalue weighted by Crippen LogP contribution is -2.17. The Morgan fingerprint density at radius 2 is 1.81 bits per heavy atom. The lowest BCUT2D eigenvalue weighted by molar-refractivity contribution is 0.1000. The van der Waals surface area contributed by atoms with Gasteiger partial charge in [0.15, 0.2) is 0 Å². The normalized spacial score (nSPS) is 11.4. The zero-order chi connectivity index (χ0) is 12.3. The Balaban J connectivity index is 3.10. The average molecular weight is 220 g/mol. The Hall–Kier alpha value is -1.38. The molecule has 1 rings (SSSR count). The van der Waals surface area contributed by atoms with E-state index in [0.717, 1.165) is 5.69 Å². The molecule has 0 saturated heterocycles. The van der Waals surface area contributed by atoms with Gasteiger partial charge in [-0.15, -0.1) is 0 Å². The number of hydrogen-bond acceptors (Lipinski definition) is 2. The molecule has 3 nitrogen and oxygen atoms in total. The molecule has 16 heavy (non-hydrogen) atoms. The number of carbonyl (C=O) groups excluding carboxylic acids is 1. The highest BCUT2D eigenvalue weighted by Gasteiger charge is 2.21. The first-order chi connectivity index (χ1) is 7.43. The largest absolute Gasteiger partial charge is 0.366 e. The summed E-state index contributed by atoms with van der Waals surface area (Å²) >= 11 is 0. The van der Waals surface area contributed by atoms with Crippen molar-refractivity contribution >= 4 is 5.91 Å². The van der Waals surface area contributed by atoms with Crippen molar-refractivity contribution in [1.29, 1.82) is 0 Å². The van der Waals surface area contributed by atoms with E-state index in [2.05, 4.69) is 32.7 Å². The number of aromatic nitrogens is 1. The van der Waals surface area contributed by atoms with E-state index in [4.69, 9.17) is 5.73 Å². The minimum Gasteiger partial charge on any atom is -0.366 e. The summed E-state index contributed by atoms with van der Waals surface area (Å²) in [6.07, 6.45) is 1.66. The Morgan fingerprint density at radius 1 is 1.25 bits per heavy atom. The van der Waals surface area contributed by atoms with E-state index in [-0.39, 0.29) is 0 Å². The van der Waals surface area contributed by atoms with Gasteiger partial charge in [-0.1, -0.05) is 27.7 Å². The first-order valence-corrected chi connectivity index (χ1v) is 5.69. The van der Waals surface area contributed by atoms with Crippen LogP contribution in [0.5, 0.6) is 0 Å². The molecule has 1 amide bonds. The molecular weight excluding hydrogens is 200 g/mol. The van der Waals surface area contributed by atoms with Gasteiger partial charge in [0, 0.05) is 23.4 Å². The Bertz CT molecular complexity index is 364. The van der Waals surface area contributed by atoms with Crippen LogP contribution in [0.2, 0.25) is 0 Å². The lowest BCUT2D eigenvalue weighted by atomic mass is 9.82. The number of pyridine rings is 1. The molecule has 0 radical (unpaired) electrons. The molecule has 3 heteroatoms. The second-order valence-corrected chi connectivity index (χ2v) is 4.85. The van der Waals surface area contributed by atoms with E-state index in [1.807, 2.05) is 6.07 Å². The fourth-order valence-electron chi connectivity index (χ4n) is 2.24. The van der Waals surface area contributed by atoms with Crippen molar-refractivity contribution in [2.24, 2.45) is 17.6 Å². The number of hydrogen-bond donors (Lipinski definition) is 1. The van der Waals surface area contributed by atoms with Gasteiger partial charge in [-0.25, -0.2) is 0 Å². The minimum atomic E-state index is -0.394. The van der Waals surface area contributed by atoms with Crippen LogP contribution in [0.4, 0.5) is 0 Å². The number of carbonyl (C=O) groups is 1. The van der Waals surface area contributed by atoms with Crippen molar-refractivity contribution < 1.29 is 4.79 Å². The van der Waals surface area contributed by atoms with Gasteiger partial charge in [0.05, 0.1) is 0 Å². The first kappa shape index (κ1) is 12.7. The number of rotatable bonds is 4. The summed E-state index contributed by atoms with van der Waals surface area (Å²) in [7, 11) is 0. The molecule has 88 valence electrons. The molecule has 0 saturated carbocycles. The van der Waals surface area contributed by atoms with Crippen molar-refractivity contribution in [2.45, 2.75) is 33.6 Å². The molecule has 0 unspecified atom stereocenters. The molecule has 1 aromatic heterocycles. The van der Waals surface area contributed by atoms with Crippen LogP contribution in [0.1, 0.15) is 49.7 Å². The highest BCUT2D eigenvalue weighted by atomic mass is 16.1. The van der Waals surface area contributed by atoms with Crippen LogP contribution >= 0.6 is 0 Å². The van der Waals surface area contributed by atoms with Crippen LogP contribution in [0.25, 0.3) is 0 Å². The van der Waals surface area contributed by atoms with Gasteiger partial charge in [0.1, 0.15) is 0 Å². The van der Waals surface area contributed by atoms with Crippen molar-refractivity contribution in [2.75, 3.05) is 0 Å². The number of amides is 1. The van der Waals surface area contributed by atoms with Crippen LogP contribution < -0.4 is 5.73 Å². The smallest absolute Gasteiger partial charge is 0.248 e. The zero-order valence-electron chi connectivity index (χ0n) is 10.4. The SMILES string of the molecule is CC(C)C(c1cc(C(N)=O)ccn1)C(C)C. The van der Waals surface area contributed by atoms with E-state index in [0.29, 0.717) is 23.3 Å². The highest BCUT2D eigenvalue weighted by molar-refractivity contribution is 5.92. The Kier molecular flexibility index (Phi) is 4.05. The van der Waals surface area contributed by atoms with Gasteiger partial charge < -0.3 is 5.73 Å². The molecule has 0 fully saturated rings. The number of primary amides is 1. The minimum absolute atomic E-state index is 0.360. The maximum atomic E-state index is 11.1. The monoisotopic (exact) mass is 220 g/mol. The predicted octanol–water partition coefficient (Wildman–Crippen LogP) is 2.58. The van der Waals surface area contributed by atoms with Crippen molar-refractivity contribution in [3.8, 4) is 0 Å². The van der Waals surface area contributed by atoms with Crippen molar-refractivity contribution in [3.63, 3.8) is 0 Å². The molecule has 0 atom stereocenters. The molecule has 2 N–H and O–H groups in total. The highest BCUT2D eigenvalue weighted by Crippen LogP contribution is 2.30. The first-order valence-electron chi connectivity index (χ1n) is 5.69. The predicted molar refractivity (Wildman–Crippen MR) is 65.2 cm³/mol. The third-order valence-electron chi connectivity index (χ3n) is 2.84. The van der Waals surface area contributed by atoms with E-state index < -0.39 is 5.91 Å². The maximum Gasteiger partial charge on any atom is 0.248 e. The Morgan fingerprint density at radius 3 is 2.25 bits per heavy atom. The van der Waals surface area contributed by atoms with Crippen molar-refractivity contribution in [1.82, 2.24) is 4.98 Å².